The van der Waals surface area contributed by atoms with Crippen molar-refractivity contribution in [1.82, 2.24) is 4.90 Å². The highest BCUT2D eigenvalue weighted by atomic mass is 15.2. The first-order valence-electron chi connectivity index (χ1n) is 2.96. The van der Waals surface area contributed by atoms with Crippen LogP contribution in [0, 0.1) is 0 Å². The standard InChI is InChI=1S/C6H8N2/c1-4-8(5-1)6-2-3-7-6/h2-3H,1,4-5H2. The van der Waals surface area contributed by atoms with E-state index in [1.165, 1.54) is 25.3 Å². The Hall–Kier alpha value is -0.790. The average Bonchev–Trinajstić information content (AvgIpc) is 1.47. The topological polar surface area (TPSA) is 15.6 Å². The highest BCUT2D eigenvalue weighted by Crippen LogP contribution is 2.11. The van der Waals surface area contributed by atoms with Crippen LogP contribution in [0.15, 0.2) is 17.3 Å². The molecule has 1 fully saturated rings. The molecule has 2 nitrogen and oxygen atoms in total. The molecule has 0 saturated carbocycles. The van der Waals surface area contributed by atoms with E-state index in [9.17, 15) is 0 Å². The molecular formula is C6H8N2. The number of amidine groups is 1. The zero-order valence-corrected chi connectivity index (χ0v) is 4.67. The van der Waals surface area contributed by atoms with Crippen LogP contribution in [0.3, 0.4) is 0 Å². The van der Waals surface area contributed by atoms with Gasteiger partial charge in [0.15, 0.2) is 0 Å². The highest BCUT2D eigenvalue weighted by Gasteiger charge is 2.17. The summed E-state index contributed by atoms with van der Waals surface area (Å²) in [5.41, 5.74) is 0. The second-order valence-corrected chi connectivity index (χ2v) is 2.14. The molecule has 0 amide bonds. The van der Waals surface area contributed by atoms with Crippen molar-refractivity contribution in [3.8, 4) is 0 Å². The van der Waals surface area contributed by atoms with Crippen molar-refractivity contribution >= 4 is 5.84 Å². The third-order valence-corrected chi connectivity index (χ3v) is 1.61. The largest absolute Gasteiger partial charge is 0.356 e. The summed E-state index contributed by atoms with van der Waals surface area (Å²) in [5, 5.41) is 0. The van der Waals surface area contributed by atoms with E-state index < -0.39 is 0 Å². The molecule has 8 heavy (non-hydrogen) atoms. The molecule has 0 aromatic heterocycles. The minimum atomic E-state index is 1.18. The van der Waals surface area contributed by atoms with Gasteiger partial charge < -0.3 is 4.90 Å². The number of hydrogen-bond donors (Lipinski definition) is 0. The van der Waals surface area contributed by atoms with Crippen molar-refractivity contribution in [2.24, 2.45) is 4.99 Å². The van der Waals surface area contributed by atoms with E-state index in [1.54, 1.807) is 0 Å². The van der Waals surface area contributed by atoms with Crippen LogP contribution >= 0.6 is 0 Å². The Kier molecular flexibility index (Phi) is 0.692. The summed E-state index contributed by atoms with van der Waals surface area (Å²) in [7, 11) is 0. The molecule has 0 atom stereocenters. The third kappa shape index (κ3) is 0.399. The monoisotopic (exact) mass is 108 g/mol. The molecule has 0 aromatic carbocycles. The van der Waals surface area contributed by atoms with E-state index in [2.05, 4.69) is 16.0 Å². The van der Waals surface area contributed by atoms with E-state index in [0.717, 1.165) is 0 Å². The number of aliphatic imine (C=N–C) groups is 1. The molecule has 42 valence electrons. The maximum absolute atomic E-state index is 4.05. The summed E-state index contributed by atoms with van der Waals surface area (Å²) in [6.45, 7) is 2.42. The lowest BCUT2D eigenvalue weighted by molar-refractivity contribution is 0.300. The Morgan fingerprint density at radius 1 is 1.50 bits per heavy atom. The van der Waals surface area contributed by atoms with Gasteiger partial charge in [0.25, 0.3) is 0 Å². The molecule has 2 heterocycles. The van der Waals surface area contributed by atoms with Gasteiger partial charge in [0.05, 0.1) is 0 Å². The van der Waals surface area contributed by atoms with Gasteiger partial charge in [-0.05, 0) is 12.5 Å². The lowest BCUT2D eigenvalue weighted by atomic mass is 10.2. The molecule has 0 aromatic rings. The van der Waals surface area contributed by atoms with Gasteiger partial charge in [-0.25, -0.2) is 4.99 Å². The van der Waals surface area contributed by atoms with Crippen molar-refractivity contribution in [2.45, 2.75) is 6.42 Å². The number of nitrogens with zero attached hydrogens (tertiary/aromatic N) is 2. The first-order chi connectivity index (χ1) is 3.97. The molecule has 2 aliphatic heterocycles. The van der Waals surface area contributed by atoms with Crippen LogP contribution in [-0.2, 0) is 0 Å². The van der Waals surface area contributed by atoms with Crippen molar-refractivity contribution in [3.05, 3.63) is 12.3 Å². The Morgan fingerprint density at radius 2 is 2.25 bits per heavy atom. The van der Waals surface area contributed by atoms with Gasteiger partial charge in [-0.2, -0.15) is 0 Å². The van der Waals surface area contributed by atoms with Crippen LogP contribution in [-0.4, -0.2) is 23.8 Å². The van der Waals surface area contributed by atoms with Crippen molar-refractivity contribution < 1.29 is 0 Å². The number of rotatable bonds is 0. The van der Waals surface area contributed by atoms with Gasteiger partial charge in [-0.15, -0.1) is 0 Å². The van der Waals surface area contributed by atoms with Gasteiger partial charge in [0.1, 0.15) is 5.84 Å². The van der Waals surface area contributed by atoms with Gasteiger partial charge in [0, 0.05) is 19.3 Å². The minimum Gasteiger partial charge on any atom is -0.356 e. The lowest BCUT2D eigenvalue weighted by Gasteiger charge is -2.34. The molecule has 0 spiro atoms. The molecule has 2 heteroatoms. The Balaban J connectivity index is 1.97. The van der Waals surface area contributed by atoms with Gasteiger partial charge in [-0.1, -0.05) is 0 Å². The maximum atomic E-state index is 4.05. The van der Waals surface area contributed by atoms with Gasteiger partial charge in [0.2, 0.25) is 0 Å². The molecule has 2 rings (SSSR count). The molecular weight excluding hydrogens is 100 g/mol. The van der Waals surface area contributed by atoms with E-state index >= 15 is 0 Å². The summed E-state index contributed by atoms with van der Waals surface area (Å²) in [6, 6.07) is 0. The first-order valence-corrected chi connectivity index (χ1v) is 2.96. The smallest absolute Gasteiger partial charge is 0.130 e. The number of likely N-dealkylation sites (tertiary alicyclic amines) is 1. The second-order valence-electron chi connectivity index (χ2n) is 2.14. The molecule has 0 radical (unpaired) electrons. The van der Waals surface area contributed by atoms with E-state index in [-0.39, 0.29) is 0 Å². The fraction of sp³-hybridized carbons (Fsp3) is 0.500. The van der Waals surface area contributed by atoms with Gasteiger partial charge >= 0.3 is 0 Å². The average molecular weight is 108 g/mol. The van der Waals surface area contributed by atoms with Crippen LogP contribution in [0.1, 0.15) is 6.42 Å². The molecule has 0 aliphatic carbocycles. The molecule has 2 aliphatic rings. The fourth-order valence-electron chi connectivity index (χ4n) is 0.874. The zero-order chi connectivity index (χ0) is 5.40. The second kappa shape index (κ2) is 1.34. The van der Waals surface area contributed by atoms with Crippen molar-refractivity contribution in [2.75, 3.05) is 13.1 Å². The van der Waals surface area contributed by atoms with E-state index in [1.807, 2.05) is 6.20 Å². The Labute approximate surface area is 48.5 Å². The Morgan fingerprint density at radius 3 is 2.38 bits per heavy atom. The molecule has 0 N–H and O–H groups in total. The predicted octanol–water partition coefficient (Wildman–Crippen LogP) is 0.618. The predicted molar refractivity (Wildman–Crippen MR) is 32.8 cm³/mol. The summed E-state index contributed by atoms with van der Waals surface area (Å²) >= 11 is 0. The van der Waals surface area contributed by atoms with Crippen LogP contribution in [0.2, 0.25) is 0 Å². The van der Waals surface area contributed by atoms with Crippen molar-refractivity contribution in [3.63, 3.8) is 0 Å². The number of hydrogen-bond acceptors (Lipinski definition) is 2. The van der Waals surface area contributed by atoms with Crippen LogP contribution in [0.25, 0.3) is 0 Å². The molecule has 0 bridgehead atoms. The SMILES string of the molecule is C1=CC(N2CCC2)=N1. The summed E-state index contributed by atoms with van der Waals surface area (Å²) in [5.74, 6) is 1.18. The normalized spacial score (nSPS) is 24.0. The van der Waals surface area contributed by atoms with Gasteiger partial charge in [-0.3, -0.25) is 0 Å². The quantitative estimate of drug-likeness (QED) is 0.444. The van der Waals surface area contributed by atoms with Crippen LogP contribution < -0.4 is 0 Å². The summed E-state index contributed by atoms with van der Waals surface area (Å²) < 4.78 is 0. The van der Waals surface area contributed by atoms with Crippen LogP contribution in [0.4, 0.5) is 0 Å². The first kappa shape index (κ1) is 4.13. The van der Waals surface area contributed by atoms with E-state index in [4.69, 9.17) is 0 Å². The summed E-state index contributed by atoms with van der Waals surface area (Å²) in [6.07, 6.45) is 5.24. The zero-order valence-electron chi connectivity index (χ0n) is 4.67. The lowest BCUT2D eigenvalue weighted by Crippen LogP contribution is -2.42. The third-order valence-electron chi connectivity index (χ3n) is 1.61. The fourth-order valence-corrected chi connectivity index (χ4v) is 0.874. The van der Waals surface area contributed by atoms with E-state index in [0.29, 0.717) is 0 Å². The molecule has 1 saturated heterocycles. The Bertz CT molecular complexity index is 154. The highest BCUT2D eigenvalue weighted by molar-refractivity contribution is 5.97. The minimum absolute atomic E-state index is 1.18. The maximum Gasteiger partial charge on any atom is 0.130 e. The van der Waals surface area contributed by atoms with Crippen molar-refractivity contribution in [1.29, 1.82) is 0 Å². The molecule has 0 unspecified atom stereocenters. The summed E-state index contributed by atoms with van der Waals surface area (Å²) in [4.78, 5) is 6.33. The van der Waals surface area contributed by atoms with Crippen LogP contribution in [0.5, 0.6) is 0 Å².